The van der Waals surface area contributed by atoms with Crippen LogP contribution in [0.2, 0.25) is 0 Å². The molecule has 1 aromatic carbocycles. The summed E-state index contributed by atoms with van der Waals surface area (Å²) in [6.45, 7) is 5.84. The van der Waals surface area contributed by atoms with Crippen LogP contribution in [0, 0.1) is 5.92 Å². The maximum absolute atomic E-state index is 11.5. The van der Waals surface area contributed by atoms with Crippen molar-refractivity contribution in [2.75, 3.05) is 11.9 Å². The first kappa shape index (κ1) is 17.1. The average Bonchev–Trinajstić information content (AvgIpc) is 2.96. The molecule has 0 radical (unpaired) electrons. The third-order valence-electron chi connectivity index (χ3n) is 3.22. The Morgan fingerprint density at radius 3 is 2.52 bits per heavy atom. The smallest absolute Gasteiger partial charge is 0.222 e. The zero-order valence-electron chi connectivity index (χ0n) is 13.6. The van der Waals surface area contributed by atoms with E-state index in [1.54, 1.807) is 11.3 Å². The van der Waals surface area contributed by atoms with E-state index in [0.717, 1.165) is 28.4 Å². The fraction of sp³-hybridized carbons (Fsp3) is 0.353. The molecule has 2 aromatic rings. The van der Waals surface area contributed by atoms with Crippen LogP contribution in [0.3, 0.4) is 0 Å². The predicted molar refractivity (Wildman–Crippen MR) is 93.4 cm³/mol. The fourth-order valence-corrected chi connectivity index (χ4v) is 2.79. The molecule has 0 atom stereocenters. The summed E-state index contributed by atoms with van der Waals surface area (Å²) in [6, 6.07) is 7.59. The molecule has 0 saturated heterocycles. The van der Waals surface area contributed by atoms with Crippen LogP contribution < -0.4 is 10.6 Å². The van der Waals surface area contributed by atoms with Gasteiger partial charge in [-0.2, -0.15) is 0 Å². The summed E-state index contributed by atoms with van der Waals surface area (Å²) >= 11 is 1.59. The molecule has 0 aliphatic heterocycles. The maximum Gasteiger partial charge on any atom is 0.222 e. The van der Waals surface area contributed by atoms with Gasteiger partial charge in [-0.15, -0.1) is 11.3 Å². The minimum Gasteiger partial charge on any atom is -0.355 e. The van der Waals surface area contributed by atoms with Crippen molar-refractivity contribution in [3.63, 3.8) is 0 Å². The van der Waals surface area contributed by atoms with Gasteiger partial charge in [-0.25, -0.2) is 4.98 Å². The second kappa shape index (κ2) is 7.87. The van der Waals surface area contributed by atoms with Crippen LogP contribution in [0.15, 0.2) is 29.6 Å². The molecule has 2 amide bonds. The summed E-state index contributed by atoms with van der Waals surface area (Å²) < 4.78 is 0. The highest BCUT2D eigenvalue weighted by atomic mass is 32.1. The third kappa shape index (κ3) is 5.17. The van der Waals surface area contributed by atoms with Gasteiger partial charge in [-0.05, 0) is 12.1 Å². The Labute approximate surface area is 140 Å². The zero-order valence-corrected chi connectivity index (χ0v) is 14.4. The van der Waals surface area contributed by atoms with Gasteiger partial charge in [0.05, 0.1) is 10.7 Å². The summed E-state index contributed by atoms with van der Waals surface area (Å²) in [5.41, 5.74) is 2.69. The molecule has 122 valence electrons. The summed E-state index contributed by atoms with van der Waals surface area (Å²) in [5, 5.41) is 8.63. The standard InChI is InChI=1S/C17H21N3O2S/c1-11(2)17(22)18-9-8-16-20-15(10-23-16)13-4-6-14(7-5-13)19-12(3)21/h4-7,10-11H,8-9H2,1-3H3,(H,18,22)(H,19,21). The van der Waals surface area contributed by atoms with E-state index in [-0.39, 0.29) is 17.7 Å². The lowest BCUT2D eigenvalue weighted by molar-refractivity contribution is -0.124. The molecule has 0 saturated carbocycles. The molecule has 0 aliphatic carbocycles. The molecule has 2 rings (SSSR count). The van der Waals surface area contributed by atoms with Crippen molar-refractivity contribution >= 4 is 28.8 Å². The normalized spacial score (nSPS) is 10.6. The Balaban J connectivity index is 1.93. The second-order valence-corrected chi connectivity index (χ2v) is 6.52. The first-order valence-electron chi connectivity index (χ1n) is 7.56. The molecule has 0 unspecified atom stereocenters. The average molecular weight is 331 g/mol. The van der Waals surface area contributed by atoms with Gasteiger partial charge in [-0.1, -0.05) is 26.0 Å². The summed E-state index contributed by atoms with van der Waals surface area (Å²) in [6.07, 6.45) is 0.729. The number of hydrogen-bond donors (Lipinski definition) is 2. The minimum absolute atomic E-state index is 0.00369. The first-order valence-corrected chi connectivity index (χ1v) is 8.44. The molecule has 5 nitrogen and oxygen atoms in total. The Hall–Kier alpha value is -2.21. The Kier molecular flexibility index (Phi) is 5.87. The highest BCUT2D eigenvalue weighted by Gasteiger charge is 2.08. The first-order chi connectivity index (χ1) is 11.0. The summed E-state index contributed by atoms with van der Waals surface area (Å²) in [7, 11) is 0. The highest BCUT2D eigenvalue weighted by molar-refractivity contribution is 7.09. The van der Waals surface area contributed by atoms with E-state index >= 15 is 0 Å². The van der Waals surface area contributed by atoms with Crippen molar-refractivity contribution in [1.82, 2.24) is 10.3 Å². The van der Waals surface area contributed by atoms with Crippen molar-refractivity contribution in [3.8, 4) is 11.3 Å². The molecule has 1 aromatic heterocycles. The van der Waals surface area contributed by atoms with Gasteiger partial charge in [0.1, 0.15) is 0 Å². The number of rotatable bonds is 6. The molecule has 0 fully saturated rings. The van der Waals surface area contributed by atoms with Gasteiger partial charge in [0.2, 0.25) is 11.8 Å². The van der Waals surface area contributed by atoms with Crippen LogP contribution in [0.5, 0.6) is 0 Å². The van der Waals surface area contributed by atoms with Crippen molar-refractivity contribution in [2.24, 2.45) is 5.92 Å². The Morgan fingerprint density at radius 1 is 1.22 bits per heavy atom. The largest absolute Gasteiger partial charge is 0.355 e. The number of anilines is 1. The quantitative estimate of drug-likeness (QED) is 0.854. The zero-order chi connectivity index (χ0) is 16.8. The third-order valence-corrected chi connectivity index (χ3v) is 4.12. The highest BCUT2D eigenvalue weighted by Crippen LogP contribution is 2.23. The number of nitrogens with zero attached hydrogens (tertiary/aromatic N) is 1. The molecule has 0 aliphatic rings. The van der Waals surface area contributed by atoms with Crippen LogP contribution in [-0.4, -0.2) is 23.3 Å². The van der Waals surface area contributed by atoms with Crippen LogP contribution >= 0.6 is 11.3 Å². The van der Waals surface area contributed by atoms with Gasteiger partial charge >= 0.3 is 0 Å². The summed E-state index contributed by atoms with van der Waals surface area (Å²) in [5.74, 6) is -0.0172. The van der Waals surface area contributed by atoms with E-state index in [1.165, 1.54) is 6.92 Å². The van der Waals surface area contributed by atoms with Gasteiger partial charge < -0.3 is 10.6 Å². The number of benzene rings is 1. The fourth-order valence-electron chi connectivity index (χ4n) is 1.98. The lowest BCUT2D eigenvalue weighted by Crippen LogP contribution is -2.29. The topological polar surface area (TPSA) is 71.1 Å². The van der Waals surface area contributed by atoms with E-state index in [4.69, 9.17) is 0 Å². The lowest BCUT2D eigenvalue weighted by Gasteiger charge is -2.05. The predicted octanol–water partition coefficient (Wildman–Crippen LogP) is 3.08. The number of carbonyl (C=O) groups is 2. The Morgan fingerprint density at radius 2 is 1.91 bits per heavy atom. The van der Waals surface area contributed by atoms with Crippen LogP contribution in [0.25, 0.3) is 11.3 Å². The van der Waals surface area contributed by atoms with E-state index in [2.05, 4.69) is 15.6 Å². The van der Waals surface area contributed by atoms with Gasteiger partial charge in [0, 0.05) is 42.4 Å². The number of thiazole rings is 1. The van der Waals surface area contributed by atoms with E-state index < -0.39 is 0 Å². The van der Waals surface area contributed by atoms with Crippen molar-refractivity contribution in [1.29, 1.82) is 0 Å². The lowest BCUT2D eigenvalue weighted by atomic mass is 10.1. The van der Waals surface area contributed by atoms with Crippen molar-refractivity contribution in [3.05, 3.63) is 34.7 Å². The van der Waals surface area contributed by atoms with Crippen molar-refractivity contribution < 1.29 is 9.59 Å². The van der Waals surface area contributed by atoms with Gasteiger partial charge in [-0.3, -0.25) is 9.59 Å². The van der Waals surface area contributed by atoms with Crippen molar-refractivity contribution in [2.45, 2.75) is 27.2 Å². The number of amides is 2. The second-order valence-electron chi connectivity index (χ2n) is 5.58. The SMILES string of the molecule is CC(=O)Nc1ccc(-c2csc(CCNC(=O)C(C)C)n2)cc1. The van der Waals surface area contributed by atoms with Crippen LogP contribution in [0.1, 0.15) is 25.8 Å². The molecular weight excluding hydrogens is 310 g/mol. The van der Waals surface area contributed by atoms with Gasteiger partial charge in [0.15, 0.2) is 0 Å². The maximum atomic E-state index is 11.5. The molecule has 6 heteroatoms. The molecule has 0 bridgehead atoms. The molecule has 2 N–H and O–H groups in total. The molecule has 1 heterocycles. The molecule has 23 heavy (non-hydrogen) atoms. The molecular formula is C17H21N3O2S. The monoisotopic (exact) mass is 331 g/mol. The van der Waals surface area contributed by atoms with E-state index in [1.807, 2.05) is 43.5 Å². The number of hydrogen-bond acceptors (Lipinski definition) is 4. The molecule has 0 spiro atoms. The van der Waals surface area contributed by atoms with E-state index in [9.17, 15) is 9.59 Å². The minimum atomic E-state index is -0.0860. The number of aromatic nitrogens is 1. The van der Waals surface area contributed by atoms with Gasteiger partial charge in [0.25, 0.3) is 0 Å². The van der Waals surface area contributed by atoms with Crippen LogP contribution in [-0.2, 0) is 16.0 Å². The number of carbonyl (C=O) groups excluding carboxylic acids is 2. The number of nitrogens with one attached hydrogen (secondary N) is 2. The van der Waals surface area contributed by atoms with Crippen LogP contribution in [0.4, 0.5) is 5.69 Å². The summed E-state index contributed by atoms with van der Waals surface area (Å²) in [4.78, 5) is 27.1. The van der Waals surface area contributed by atoms with E-state index in [0.29, 0.717) is 6.54 Å². The Bertz CT molecular complexity index is 677.